The normalized spacial score (nSPS) is 18.4. The lowest BCUT2D eigenvalue weighted by Crippen LogP contribution is -2.56. The summed E-state index contributed by atoms with van der Waals surface area (Å²) in [6.07, 6.45) is -8.32. The number of aliphatic hydroxyl groups excluding tert-OH is 1. The van der Waals surface area contributed by atoms with Gasteiger partial charge < -0.3 is 20.5 Å². The van der Waals surface area contributed by atoms with Gasteiger partial charge >= 0.3 is 18.6 Å². The fourth-order valence-corrected chi connectivity index (χ4v) is 4.69. The number of aliphatic hydroxyl groups is 1. The molecule has 1 fully saturated rings. The van der Waals surface area contributed by atoms with E-state index in [-0.39, 0.29) is 35.3 Å². The van der Waals surface area contributed by atoms with Crippen molar-refractivity contribution in [1.82, 2.24) is 10.6 Å². The van der Waals surface area contributed by atoms with Gasteiger partial charge in [-0.1, -0.05) is 49.0 Å². The van der Waals surface area contributed by atoms with Gasteiger partial charge in [-0.3, -0.25) is 0 Å². The number of ether oxygens (including phenoxy) is 1. The van der Waals surface area contributed by atoms with Gasteiger partial charge in [0.25, 0.3) is 0 Å². The number of nitrogens with one attached hydrogen (secondary N) is 2. The molecule has 212 valence electrons. The number of hydrogen-bond donors (Lipinski definition) is 3. The summed E-state index contributed by atoms with van der Waals surface area (Å²) in [4.78, 5) is 13.3. The lowest BCUT2D eigenvalue weighted by atomic mass is 9.77. The molecular weight excluding hydrogens is 538 g/mol. The molecule has 0 bridgehead atoms. The second-order valence-electron chi connectivity index (χ2n) is 9.67. The van der Waals surface area contributed by atoms with Crippen molar-refractivity contribution in [3.05, 3.63) is 113 Å². The highest BCUT2D eigenvalue weighted by Crippen LogP contribution is 2.38. The van der Waals surface area contributed by atoms with Crippen molar-refractivity contribution >= 4 is 6.03 Å². The maximum atomic E-state index is 14.9. The molecule has 3 N–H and O–H groups in total. The van der Waals surface area contributed by atoms with E-state index in [4.69, 9.17) is 0 Å². The number of halogens is 6. The molecule has 0 unspecified atom stereocenters. The van der Waals surface area contributed by atoms with E-state index in [0.29, 0.717) is 24.5 Å². The van der Waals surface area contributed by atoms with Crippen molar-refractivity contribution in [3.63, 3.8) is 0 Å². The highest BCUT2D eigenvalue weighted by atomic mass is 19.3. The van der Waals surface area contributed by atoms with Crippen LogP contribution in [0.15, 0.2) is 85.1 Å². The smallest absolute Gasteiger partial charge is 0.461 e. The molecule has 11 heteroatoms. The highest BCUT2D eigenvalue weighted by molar-refractivity contribution is 5.76. The van der Waals surface area contributed by atoms with Gasteiger partial charge in [-0.2, -0.15) is 17.6 Å². The van der Waals surface area contributed by atoms with E-state index in [1.807, 2.05) is 0 Å². The molecule has 40 heavy (non-hydrogen) atoms. The first-order chi connectivity index (χ1) is 18.9. The molecule has 1 aliphatic carbocycles. The van der Waals surface area contributed by atoms with Gasteiger partial charge in [0.2, 0.25) is 0 Å². The Morgan fingerprint density at radius 1 is 0.975 bits per heavy atom. The molecule has 3 aromatic rings. The molecular formula is C29H26F6N2O3. The first-order valence-electron chi connectivity index (χ1n) is 12.3. The van der Waals surface area contributed by atoms with Gasteiger partial charge in [-0.25, -0.2) is 13.6 Å². The Bertz CT molecular complexity index is 1350. The Kier molecular flexibility index (Phi) is 8.32. The van der Waals surface area contributed by atoms with Crippen molar-refractivity contribution in [3.8, 4) is 5.75 Å². The van der Waals surface area contributed by atoms with E-state index in [2.05, 4.69) is 21.9 Å². The maximum Gasteiger partial charge on any atom is 0.461 e. The fraction of sp³-hybridized carbons (Fsp3) is 0.276. The quantitative estimate of drug-likeness (QED) is 0.187. The molecule has 1 saturated carbocycles. The van der Waals surface area contributed by atoms with Crippen LogP contribution >= 0.6 is 0 Å². The average Bonchev–Trinajstić information content (AvgIpc) is 2.85. The molecule has 3 aromatic carbocycles. The van der Waals surface area contributed by atoms with E-state index in [1.165, 1.54) is 12.1 Å². The third-order valence-electron chi connectivity index (χ3n) is 6.79. The number of carbonyl (C=O) groups is 1. The van der Waals surface area contributed by atoms with Crippen molar-refractivity contribution in [1.29, 1.82) is 0 Å². The number of carbonyl (C=O) groups excluding carboxylic acids is 1. The molecule has 0 aromatic heterocycles. The van der Waals surface area contributed by atoms with Crippen LogP contribution in [0, 0.1) is 17.6 Å². The summed E-state index contributed by atoms with van der Waals surface area (Å²) in [5.41, 5.74) is -0.950. The predicted molar refractivity (Wildman–Crippen MR) is 135 cm³/mol. The average molecular weight is 565 g/mol. The van der Waals surface area contributed by atoms with E-state index >= 15 is 0 Å². The minimum Gasteiger partial charge on any atom is -0.513 e. The molecule has 0 radical (unpaired) electrons. The van der Waals surface area contributed by atoms with Crippen LogP contribution < -0.4 is 15.4 Å². The molecule has 0 saturated heterocycles. The standard InChI is InChI=1S/C29H26F6N2O3/c1-17(38)19-11-24(12-19)36-27(39)37-28(16-18-5-3-2-4-6-18,20-7-9-22(30)10-8-20)21-13-23(31)15-25(14-21)40-29(34,35)26(32)33/h2-10,13-15,19,24,26,38H,1,11-12,16H2,(H2,36,37,39)/t19-,24-,28-/m1/s1. The third kappa shape index (κ3) is 6.52. The summed E-state index contributed by atoms with van der Waals surface area (Å²) >= 11 is 0. The van der Waals surface area contributed by atoms with Gasteiger partial charge in [-0.05, 0) is 53.8 Å². The van der Waals surface area contributed by atoms with Gasteiger partial charge in [0.1, 0.15) is 17.4 Å². The minimum absolute atomic E-state index is 0.00363. The van der Waals surface area contributed by atoms with Crippen LogP contribution in [-0.4, -0.2) is 29.7 Å². The van der Waals surface area contributed by atoms with Crippen LogP contribution in [0.5, 0.6) is 5.75 Å². The van der Waals surface area contributed by atoms with Crippen molar-refractivity contribution in [2.45, 2.75) is 43.4 Å². The summed E-state index contributed by atoms with van der Waals surface area (Å²) in [7, 11) is 0. The molecule has 1 atom stereocenters. The molecule has 0 heterocycles. The van der Waals surface area contributed by atoms with Crippen LogP contribution in [0.3, 0.4) is 0 Å². The number of rotatable bonds is 10. The largest absolute Gasteiger partial charge is 0.513 e. The molecule has 5 nitrogen and oxygen atoms in total. The second-order valence-corrected chi connectivity index (χ2v) is 9.67. The molecule has 0 spiro atoms. The van der Waals surface area contributed by atoms with E-state index in [0.717, 1.165) is 24.3 Å². The Balaban J connectivity index is 1.81. The van der Waals surface area contributed by atoms with Crippen molar-refractivity contribution in [2.75, 3.05) is 0 Å². The minimum atomic E-state index is -4.91. The molecule has 1 aliphatic rings. The zero-order valence-corrected chi connectivity index (χ0v) is 21.0. The van der Waals surface area contributed by atoms with Crippen LogP contribution in [-0.2, 0) is 12.0 Å². The Labute approximate surface area is 226 Å². The fourth-order valence-electron chi connectivity index (χ4n) is 4.69. The summed E-state index contributed by atoms with van der Waals surface area (Å²) in [6.45, 7) is 3.48. The van der Waals surface area contributed by atoms with Crippen LogP contribution in [0.2, 0.25) is 0 Å². The number of hydrogen-bond acceptors (Lipinski definition) is 3. The highest BCUT2D eigenvalue weighted by Gasteiger charge is 2.45. The maximum absolute atomic E-state index is 14.9. The number of amides is 2. The van der Waals surface area contributed by atoms with Gasteiger partial charge in [0.05, 0.1) is 11.3 Å². The van der Waals surface area contributed by atoms with Gasteiger partial charge in [0.15, 0.2) is 0 Å². The topological polar surface area (TPSA) is 70.6 Å². The van der Waals surface area contributed by atoms with Crippen molar-refractivity contribution in [2.24, 2.45) is 5.92 Å². The van der Waals surface area contributed by atoms with Crippen LogP contribution in [0.4, 0.5) is 31.1 Å². The van der Waals surface area contributed by atoms with Gasteiger partial charge in [-0.15, -0.1) is 0 Å². The summed E-state index contributed by atoms with van der Waals surface area (Å²) < 4.78 is 86.1. The Morgan fingerprint density at radius 3 is 2.23 bits per heavy atom. The van der Waals surface area contributed by atoms with Gasteiger partial charge in [0, 0.05) is 24.4 Å². The van der Waals surface area contributed by atoms with Crippen LogP contribution in [0.1, 0.15) is 29.5 Å². The first kappa shape index (κ1) is 28.8. The second kappa shape index (κ2) is 11.5. The Morgan fingerprint density at radius 2 is 1.62 bits per heavy atom. The number of allylic oxidation sites excluding steroid dienone is 1. The molecule has 2 amide bonds. The molecule has 0 aliphatic heterocycles. The number of benzene rings is 3. The Hall–Kier alpha value is -4.15. The summed E-state index contributed by atoms with van der Waals surface area (Å²) in [5, 5.41) is 15.1. The zero-order valence-electron chi connectivity index (χ0n) is 21.0. The number of urea groups is 1. The van der Waals surface area contributed by atoms with Crippen LogP contribution in [0.25, 0.3) is 0 Å². The van der Waals surface area contributed by atoms with E-state index in [9.17, 15) is 36.2 Å². The predicted octanol–water partition coefficient (Wildman–Crippen LogP) is 6.84. The third-order valence-corrected chi connectivity index (χ3v) is 6.79. The summed E-state index contributed by atoms with van der Waals surface area (Å²) in [5.74, 6) is -2.79. The SMILES string of the molecule is C=C(O)[C@H]1C[C@H](NC(=O)N[C@](Cc2ccccc2)(c2ccc(F)cc2)c2cc(F)cc(OC(F)(F)C(F)F)c2)C1. The number of alkyl halides is 4. The molecule has 4 rings (SSSR count). The zero-order chi connectivity index (χ0) is 29.1. The summed E-state index contributed by atoms with van der Waals surface area (Å²) in [6, 6.07) is 14.8. The monoisotopic (exact) mass is 564 g/mol. The van der Waals surface area contributed by atoms with E-state index < -0.39 is 41.5 Å². The lowest BCUT2D eigenvalue weighted by molar-refractivity contribution is -0.253. The van der Waals surface area contributed by atoms with Crippen molar-refractivity contribution < 1.29 is 41.0 Å². The van der Waals surface area contributed by atoms with E-state index in [1.54, 1.807) is 30.3 Å². The first-order valence-corrected chi connectivity index (χ1v) is 12.3. The lowest BCUT2D eigenvalue weighted by Gasteiger charge is -2.39.